The summed E-state index contributed by atoms with van der Waals surface area (Å²) in [4.78, 5) is 12.0. The molecule has 0 radical (unpaired) electrons. The number of thioether (sulfide) groups is 1. The molecular formula is C14H11ClO3S. The number of carboxylic acids is 1. The van der Waals surface area contributed by atoms with E-state index < -0.39 is 5.97 Å². The molecule has 0 atom stereocenters. The van der Waals surface area contributed by atoms with Crippen molar-refractivity contribution in [2.24, 2.45) is 0 Å². The molecule has 0 bridgehead atoms. The van der Waals surface area contributed by atoms with Gasteiger partial charge >= 0.3 is 5.97 Å². The number of rotatable bonds is 4. The lowest BCUT2D eigenvalue weighted by Gasteiger charge is -2.11. The van der Waals surface area contributed by atoms with Gasteiger partial charge in [0.2, 0.25) is 0 Å². The molecule has 0 aromatic heterocycles. The highest BCUT2D eigenvalue weighted by Gasteiger charge is 2.16. The number of hydrogen-bond acceptors (Lipinski definition) is 3. The van der Waals surface area contributed by atoms with Gasteiger partial charge in [-0.3, -0.25) is 0 Å². The highest BCUT2D eigenvalue weighted by atomic mass is 35.5. The van der Waals surface area contributed by atoms with Crippen LogP contribution in [0.3, 0.4) is 0 Å². The van der Waals surface area contributed by atoms with Crippen molar-refractivity contribution in [1.82, 2.24) is 0 Å². The fourth-order valence-corrected chi connectivity index (χ4v) is 2.34. The molecule has 2 rings (SSSR count). The van der Waals surface area contributed by atoms with E-state index in [1.807, 2.05) is 6.26 Å². The zero-order chi connectivity index (χ0) is 13.8. The van der Waals surface area contributed by atoms with Crippen LogP contribution in [-0.2, 0) is 0 Å². The van der Waals surface area contributed by atoms with E-state index in [0.717, 1.165) is 0 Å². The zero-order valence-corrected chi connectivity index (χ0v) is 11.7. The second-order valence-electron chi connectivity index (χ2n) is 3.69. The summed E-state index contributed by atoms with van der Waals surface area (Å²) in [5.74, 6) is -0.138. The molecule has 98 valence electrons. The SMILES string of the molecule is CSc1cccc(Oc2ccc(Cl)cc2)c1C(=O)O. The van der Waals surface area contributed by atoms with Gasteiger partial charge in [0.1, 0.15) is 17.1 Å². The Bertz CT molecular complexity index is 596. The summed E-state index contributed by atoms with van der Waals surface area (Å²) in [5.41, 5.74) is 0.171. The average Bonchev–Trinajstić information content (AvgIpc) is 2.40. The maximum atomic E-state index is 11.3. The number of carboxylic acid groups (broad SMARTS) is 1. The third-order valence-corrected chi connectivity index (χ3v) is 3.50. The molecule has 2 aromatic carbocycles. The first-order valence-electron chi connectivity index (χ1n) is 5.45. The van der Waals surface area contributed by atoms with Crippen LogP contribution in [0, 0.1) is 0 Å². The molecule has 0 unspecified atom stereocenters. The van der Waals surface area contributed by atoms with E-state index in [4.69, 9.17) is 16.3 Å². The van der Waals surface area contributed by atoms with Crippen LogP contribution in [0.2, 0.25) is 5.02 Å². The van der Waals surface area contributed by atoms with Crippen molar-refractivity contribution in [3.63, 3.8) is 0 Å². The van der Waals surface area contributed by atoms with Crippen LogP contribution in [0.1, 0.15) is 10.4 Å². The topological polar surface area (TPSA) is 46.5 Å². The Morgan fingerprint density at radius 1 is 1.21 bits per heavy atom. The minimum absolute atomic E-state index is 0.171. The molecule has 0 aliphatic heterocycles. The van der Waals surface area contributed by atoms with Gasteiger partial charge in [0.05, 0.1) is 0 Å². The molecule has 0 aliphatic carbocycles. The number of hydrogen-bond donors (Lipinski definition) is 1. The summed E-state index contributed by atoms with van der Waals surface area (Å²) in [7, 11) is 0. The van der Waals surface area contributed by atoms with Gasteiger partial charge in [-0.05, 0) is 42.7 Å². The van der Waals surface area contributed by atoms with Crippen LogP contribution in [-0.4, -0.2) is 17.3 Å². The highest BCUT2D eigenvalue weighted by Crippen LogP contribution is 2.32. The van der Waals surface area contributed by atoms with Gasteiger partial charge in [0.15, 0.2) is 0 Å². The Hall–Kier alpha value is -1.65. The van der Waals surface area contributed by atoms with Crippen molar-refractivity contribution < 1.29 is 14.6 Å². The first kappa shape index (κ1) is 13.8. The summed E-state index contributed by atoms with van der Waals surface area (Å²) in [6.45, 7) is 0. The van der Waals surface area contributed by atoms with Gasteiger partial charge in [-0.1, -0.05) is 17.7 Å². The normalized spacial score (nSPS) is 10.2. The van der Waals surface area contributed by atoms with Crippen molar-refractivity contribution in [1.29, 1.82) is 0 Å². The molecule has 0 saturated heterocycles. The lowest BCUT2D eigenvalue weighted by atomic mass is 10.2. The molecule has 19 heavy (non-hydrogen) atoms. The fourth-order valence-electron chi connectivity index (χ4n) is 1.61. The van der Waals surface area contributed by atoms with Gasteiger partial charge < -0.3 is 9.84 Å². The van der Waals surface area contributed by atoms with Gasteiger partial charge in [-0.2, -0.15) is 0 Å². The lowest BCUT2D eigenvalue weighted by Crippen LogP contribution is -2.02. The van der Waals surface area contributed by atoms with E-state index in [-0.39, 0.29) is 5.56 Å². The summed E-state index contributed by atoms with van der Waals surface area (Å²) < 4.78 is 5.62. The second-order valence-corrected chi connectivity index (χ2v) is 4.98. The minimum atomic E-state index is -1.01. The standard InChI is InChI=1S/C14H11ClO3S/c1-19-12-4-2-3-11(13(12)14(16)17)18-10-7-5-9(15)6-8-10/h2-8H,1H3,(H,16,17). The summed E-state index contributed by atoms with van der Waals surface area (Å²) in [6, 6.07) is 11.9. The molecule has 0 heterocycles. The molecule has 0 spiro atoms. The second kappa shape index (κ2) is 5.99. The van der Waals surface area contributed by atoms with Crippen molar-refractivity contribution in [2.75, 3.05) is 6.26 Å². The van der Waals surface area contributed by atoms with Crippen molar-refractivity contribution in [3.05, 3.63) is 53.1 Å². The van der Waals surface area contributed by atoms with E-state index in [1.54, 1.807) is 42.5 Å². The van der Waals surface area contributed by atoms with Crippen molar-refractivity contribution in [3.8, 4) is 11.5 Å². The maximum absolute atomic E-state index is 11.3. The van der Waals surface area contributed by atoms with Crippen LogP contribution < -0.4 is 4.74 Å². The Morgan fingerprint density at radius 3 is 2.47 bits per heavy atom. The molecule has 0 aliphatic rings. The quantitative estimate of drug-likeness (QED) is 0.840. The fraction of sp³-hybridized carbons (Fsp3) is 0.0714. The number of carbonyl (C=O) groups is 1. The highest BCUT2D eigenvalue weighted by molar-refractivity contribution is 7.98. The molecule has 3 nitrogen and oxygen atoms in total. The number of halogens is 1. The minimum Gasteiger partial charge on any atom is -0.478 e. The number of aromatic carboxylic acids is 1. The van der Waals surface area contributed by atoms with Crippen LogP contribution >= 0.6 is 23.4 Å². The number of benzene rings is 2. The van der Waals surface area contributed by atoms with Crippen LogP contribution in [0.4, 0.5) is 0 Å². The first-order valence-corrected chi connectivity index (χ1v) is 7.06. The molecule has 0 fully saturated rings. The van der Waals surface area contributed by atoms with Crippen molar-refractivity contribution in [2.45, 2.75) is 4.90 Å². The van der Waals surface area contributed by atoms with Gasteiger partial charge in [-0.15, -0.1) is 11.8 Å². The number of ether oxygens (including phenoxy) is 1. The summed E-state index contributed by atoms with van der Waals surface area (Å²) in [6.07, 6.45) is 1.83. The Kier molecular flexibility index (Phi) is 4.35. The smallest absolute Gasteiger partial charge is 0.340 e. The molecule has 5 heteroatoms. The van der Waals surface area contributed by atoms with E-state index in [0.29, 0.717) is 21.4 Å². The largest absolute Gasteiger partial charge is 0.478 e. The van der Waals surface area contributed by atoms with Crippen molar-refractivity contribution >= 4 is 29.3 Å². The van der Waals surface area contributed by atoms with Crippen LogP contribution in [0.15, 0.2) is 47.4 Å². The summed E-state index contributed by atoms with van der Waals surface area (Å²) in [5, 5.41) is 9.89. The van der Waals surface area contributed by atoms with Crippen LogP contribution in [0.25, 0.3) is 0 Å². The molecule has 1 N–H and O–H groups in total. The van der Waals surface area contributed by atoms with Gasteiger partial charge in [-0.25, -0.2) is 4.79 Å². The summed E-state index contributed by atoms with van der Waals surface area (Å²) >= 11 is 7.16. The monoisotopic (exact) mass is 294 g/mol. The molecular weight excluding hydrogens is 284 g/mol. The van der Waals surface area contributed by atoms with Gasteiger partial charge in [0, 0.05) is 9.92 Å². The maximum Gasteiger partial charge on any atom is 0.340 e. The Balaban J connectivity index is 2.39. The van der Waals surface area contributed by atoms with E-state index in [9.17, 15) is 9.90 Å². The third-order valence-electron chi connectivity index (χ3n) is 2.46. The van der Waals surface area contributed by atoms with E-state index in [1.165, 1.54) is 11.8 Å². The average molecular weight is 295 g/mol. The third kappa shape index (κ3) is 3.22. The molecule has 0 saturated carbocycles. The van der Waals surface area contributed by atoms with Gasteiger partial charge in [0.25, 0.3) is 0 Å². The lowest BCUT2D eigenvalue weighted by molar-refractivity contribution is 0.0690. The Labute approximate surface area is 120 Å². The zero-order valence-electron chi connectivity index (χ0n) is 10.1. The molecule has 2 aromatic rings. The predicted molar refractivity (Wildman–Crippen MR) is 76.7 cm³/mol. The Morgan fingerprint density at radius 2 is 1.89 bits per heavy atom. The first-order chi connectivity index (χ1) is 9.11. The van der Waals surface area contributed by atoms with Crippen LogP contribution in [0.5, 0.6) is 11.5 Å². The van der Waals surface area contributed by atoms with E-state index >= 15 is 0 Å². The molecule has 0 amide bonds. The van der Waals surface area contributed by atoms with E-state index in [2.05, 4.69) is 0 Å². The predicted octanol–water partition coefficient (Wildman–Crippen LogP) is 4.55.